The van der Waals surface area contributed by atoms with Gasteiger partial charge in [0.15, 0.2) is 0 Å². The number of aromatic nitrogens is 3. The molecule has 0 aromatic carbocycles. The highest BCUT2D eigenvalue weighted by molar-refractivity contribution is 9.10. The highest BCUT2D eigenvalue weighted by atomic mass is 79.9. The van der Waals surface area contributed by atoms with Gasteiger partial charge in [0.2, 0.25) is 0 Å². The van der Waals surface area contributed by atoms with Crippen molar-refractivity contribution in [1.82, 2.24) is 15.0 Å². The van der Waals surface area contributed by atoms with Gasteiger partial charge in [-0.1, -0.05) is 6.92 Å². The molecule has 6 heteroatoms. The van der Waals surface area contributed by atoms with E-state index >= 15 is 0 Å². The van der Waals surface area contributed by atoms with E-state index in [0.717, 1.165) is 38.9 Å². The van der Waals surface area contributed by atoms with Gasteiger partial charge in [0, 0.05) is 18.1 Å². The summed E-state index contributed by atoms with van der Waals surface area (Å²) in [6.45, 7) is 4.09. The van der Waals surface area contributed by atoms with E-state index in [1.165, 1.54) is 0 Å². The summed E-state index contributed by atoms with van der Waals surface area (Å²) >= 11 is 5.18. The molecule has 2 rings (SSSR count). The first kappa shape index (κ1) is 13.4. The number of nitrogens with zero attached hydrogens (tertiary/aromatic N) is 3. The molecule has 0 spiro atoms. The van der Waals surface area contributed by atoms with Crippen molar-refractivity contribution < 1.29 is 0 Å². The van der Waals surface area contributed by atoms with E-state index < -0.39 is 0 Å². The summed E-state index contributed by atoms with van der Waals surface area (Å²) in [4.78, 5) is 13.5. The summed E-state index contributed by atoms with van der Waals surface area (Å²) in [5, 5.41) is 6.19. The van der Waals surface area contributed by atoms with Crippen LogP contribution >= 0.6 is 27.3 Å². The number of nitrogens with one attached hydrogen (secondary N) is 1. The number of thiazole rings is 1. The molecule has 0 radical (unpaired) electrons. The molecule has 0 bridgehead atoms. The molecule has 0 unspecified atom stereocenters. The van der Waals surface area contributed by atoms with Crippen LogP contribution in [0.25, 0.3) is 0 Å². The van der Waals surface area contributed by atoms with Crippen LogP contribution in [0.5, 0.6) is 0 Å². The zero-order chi connectivity index (χ0) is 13.1. The van der Waals surface area contributed by atoms with E-state index in [1.807, 2.05) is 19.4 Å². The Balaban J connectivity index is 2.33. The summed E-state index contributed by atoms with van der Waals surface area (Å²) in [5.41, 5.74) is 2.08. The van der Waals surface area contributed by atoms with E-state index in [-0.39, 0.29) is 0 Å². The summed E-state index contributed by atoms with van der Waals surface area (Å²) < 4.78 is 0.951. The Kier molecular flexibility index (Phi) is 4.29. The van der Waals surface area contributed by atoms with Crippen molar-refractivity contribution >= 4 is 33.1 Å². The average molecular weight is 327 g/mol. The Labute approximate surface area is 119 Å². The molecule has 0 saturated carbocycles. The maximum absolute atomic E-state index is 4.57. The summed E-state index contributed by atoms with van der Waals surface area (Å²) in [7, 11) is 1.86. The van der Waals surface area contributed by atoms with Crippen molar-refractivity contribution in [3.05, 3.63) is 32.1 Å². The fourth-order valence-corrected chi connectivity index (χ4v) is 3.07. The Morgan fingerprint density at radius 1 is 1.33 bits per heavy atom. The zero-order valence-electron chi connectivity index (χ0n) is 10.6. The maximum Gasteiger partial charge on any atom is 0.144 e. The van der Waals surface area contributed by atoms with Crippen molar-refractivity contribution in [2.45, 2.75) is 26.7 Å². The lowest BCUT2D eigenvalue weighted by Gasteiger charge is -2.09. The number of rotatable bonds is 4. The van der Waals surface area contributed by atoms with Crippen molar-refractivity contribution in [3.63, 3.8) is 0 Å². The van der Waals surface area contributed by atoms with Crippen molar-refractivity contribution in [3.8, 4) is 0 Å². The third-order valence-electron chi connectivity index (χ3n) is 2.51. The number of halogens is 1. The third-order valence-corrected chi connectivity index (χ3v) is 4.31. The summed E-state index contributed by atoms with van der Waals surface area (Å²) in [6.07, 6.45) is 1.56. The van der Waals surface area contributed by atoms with Gasteiger partial charge in [0.1, 0.15) is 16.6 Å². The monoisotopic (exact) mass is 326 g/mol. The molecular weight excluding hydrogens is 312 g/mol. The lowest BCUT2D eigenvalue weighted by Crippen LogP contribution is -2.05. The van der Waals surface area contributed by atoms with Gasteiger partial charge in [-0.3, -0.25) is 0 Å². The highest BCUT2D eigenvalue weighted by Gasteiger charge is 2.11. The van der Waals surface area contributed by atoms with E-state index in [9.17, 15) is 0 Å². The lowest BCUT2D eigenvalue weighted by molar-refractivity contribution is 0.892. The highest BCUT2D eigenvalue weighted by Crippen LogP contribution is 2.24. The first-order valence-corrected chi connectivity index (χ1v) is 7.45. The molecule has 2 heterocycles. The Morgan fingerprint density at radius 3 is 2.67 bits per heavy atom. The third kappa shape index (κ3) is 2.87. The van der Waals surface area contributed by atoms with Gasteiger partial charge in [-0.25, -0.2) is 15.0 Å². The predicted octanol–water partition coefficient (Wildman–Crippen LogP) is 3.20. The predicted molar refractivity (Wildman–Crippen MR) is 78.3 cm³/mol. The standard InChI is InChI=1S/C12H15BrN4S/c1-4-8-11(13)12(14-3)17-9(16-8)5-10-15-7(2)6-18-10/h6H,4-5H2,1-3H3,(H,14,16,17). The molecule has 0 saturated heterocycles. The fourth-order valence-electron chi connectivity index (χ4n) is 1.64. The molecule has 0 amide bonds. The number of hydrogen-bond donors (Lipinski definition) is 1. The smallest absolute Gasteiger partial charge is 0.144 e. The van der Waals surface area contributed by atoms with Gasteiger partial charge in [0.05, 0.1) is 16.6 Å². The van der Waals surface area contributed by atoms with Gasteiger partial charge >= 0.3 is 0 Å². The topological polar surface area (TPSA) is 50.7 Å². The number of hydrogen-bond acceptors (Lipinski definition) is 5. The van der Waals surface area contributed by atoms with Gasteiger partial charge < -0.3 is 5.32 Å². The molecule has 2 aromatic heterocycles. The number of anilines is 1. The van der Waals surface area contributed by atoms with Gasteiger partial charge in [-0.05, 0) is 29.3 Å². The van der Waals surface area contributed by atoms with Crippen LogP contribution in [0, 0.1) is 6.92 Å². The lowest BCUT2D eigenvalue weighted by atomic mass is 10.3. The molecule has 96 valence electrons. The Morgan fingerprint density at radius 2 is 2.11 bits per heavy atom. The van der Waals surface area contributed by atoms with E-state index in [0.29, 0.717) is 6.42 Å². The van der Waals surface area contributed by atoms with E-state index in [1.54, 1.807) is 11.3 Å². The number of aryl methyl sites for hydroxylation is 2. The molecule has 0 aliphatic heterocycles. The fraction of sp³-hybridized carbons (Fsp3) is 0.417. The van der Waals surface area contributed by atoms with E-state index in [2.05, 4.69) is 43.1 Å². The van der Waals surface area contributed by atoms with Crippen LogP contribution in [-0.2, 0) is 12.8 Å². The second-order valence-corrected chi connectivity index (χ2v) is 5.65. The Bertz CT molecular complexity index is 528. The first-order valence-electron chi connectivity index (χ1n) is 5.78. The largest absolute Gasteiger partial charge is 0.372 e. The SMILES string of the molecule is CCc1nc(Cc2nc(C)cs2)nc(NC)c1Br. The molecule has 0 aliphatic rings. The molecule has 4 nitrogen and oxygen atoms in total. The van der Waals surface area contributed by atoms with Crippen LogP contribution in [0.15, 0.2) is 9.85 Å². The molecule has 0 aliphatic carbocycles. The molecule has 18 heavy (non-hydrogen) atoms. The Hall–Kier alpha value is -1.01. The second kappa shape index (κ2) is 5.75. The van der Waals surface area contributed by atoms with Crippen LogP contribution < -0.4 is 5.32 Å². The summed E-state index contributed by atoms with van der Waals surface area (Å²) in [5.74, 6) is 1.65. The van der Waals surface area contributed by atoms with Crippen molar-refractivity contribution in [1.29, 1.82) is 0 Å². The molecule has 0 fully saturated rings. The van der Waals surface area contributed by atoms with Crippen LogP contribution in [0.1, 0.15) is 29.1 Å². The van der Waals surface area contributed by atoms with Crippen LogP contribution in [0.2, 0.25) is 0 Å². The minimum absolute atomic E-state index is 0.688. The minimum Gasteiger partial charge on any atom is -0.372 e. The van der Waals surface area contributed by atoms with Gasteiger partial charge in [-0.15, -0.1) is 11.3 Å². The van der Waals surface area contributed by atoms with E-state index in [4.69, 9.17) is 0 Å². The normalized spacial score (nSPS) is 10.7. The average Bonchev–Trinajstić information content (AvgIpc) is 2.76. The van der Waals surface area contributed by atoms with Crippen molar-refractivity contribution in [2.75, 3.05) is 12.4 Å². The summed E-state index contributed by atoms with van der Waals surface area (Å²) in [6, 6.07) is 0. The molecule has 2 aromatic rings. The quantitative estimate of drug-likeness (QED) is 0.937. The minimum atomic E-state index is 0.688. The first-order chi connectivity index (χ1) is 8.63. The van der Waals surface area contributed by atoms with Gasteiger partial charge in [-0.2, -0.15) is 0 Å². The molecule has 1 N–H and O–H groups in total. The zero-order valence-corrected chi connectivity index (χ0v) is 13.0. The maximum atomic E-state index is 4.57. The molecular formula is C12H15BrN4S. The second-order valence-electron chi connectivity index (χ2n) is 3.91. The van der Waals surface area contributed by atoms with Gasteiger partial charge in [0.25, 0.3) is 0 Å². The van der Waals surface area contributed by atoms with Crippen LogP contribution in [-0.4, -0.2) is 22.0 Å². The van der Waals surface area contributed by atoms with Crippen LogP contribution in [0.3, 0.4) is 0 Å². The van der Waals surface area contributed by atoms with Crippen LogP contribution in [0.4, 0.5) is 5.82 Å². The molecule has 0 atom stereocenters. The van der Waals surface area contributed by atoms with Crippen molar-refractivity contribution in [2.24, 2.45) is 0 Å².